The standard InChI is InChI=1S/C17H23F3N6O/c1-13-9-15(17(18,19)20)22-26(13)4-3-16(27)25-7-5-24(6-8-25)12-14-10-21-23(2)11-14/h9-11H,3-8,12H2,1-2H3. The van der Waals surface area contributed by atoms with Gasteiger partial charge >= 0.3 is 6.18 Å². The van der Waals surface area contributed by atoms with Crippen molar-refractivity contribution < 1.29 is 18.0 Å². The third kappa shape index (κ3) is 4.88. The number of nitrogens with zero attached hydrogens (tertiary/aromatic N) is 6. The van der Waals surface area contributed by atoms with Crippen LogP contribution in [0.2, 0.25) is 0 Å². The number of hydrogen-bond donors (Lipinski definition) is 0. The van der Waals surface area contributed by atoms with Crippen LogP contribution in [0.1, 0.15) is 23.4 Å². The van der Waals surface area contributed by atoms with E-state index in [0.717, 1.165) is 31.3 Å². The Bertz CT molecular complexity index is 789. The van der Waals surface area contributed by atoms with Gasteiger partial charge in [-0.2, -0.15) is 23.4 Å². The second-order valence-electron chi connectivity index (χ2n) is 6.82. The van der Waals surface area contributed by atoms with Gasteiger partial charge in [-0.1, -0.05) is 0 Å². The highest BCUT2D eigenvalue weighted by molar-refractivity contribution is 5.76. The number of piperazine rings is 1. The fourth-order valence-electron chi connectivity index (χ4n) is 3.20. The van der Waals surface area contributed by atoms with E-state index in [0.29, 0.717) is 18.8 Å². The number of amides is 1. The summed E-state index contributed by atoms with van der Waals surface area (Å²) in [5.41, 5.74) is 0.611. The molecular weight excluding hydrogens is 361 g/mol. The van der Waals surface area contributed by atoms with Crippen molar-refractivity contribution in [3.05, 3.63) is 35.4 Å². The number of halogens is 3. The van der Waals surface area contributed by atoms with Gasteiger partial charge in [-0.15, -0.1) is 0 Å². The molecule has 2 aromatic rings. The lowest BCUT2D eigenvalue weighted by Gasteiger charge is -2.34. The highest BCUT2D eigenvalue weighted by Gasteiger charge is 2.34. The summed E-state index contributed by atoms with van der Waals surface area (Å²) < 4.78 is 41.1. The Morgan fingerprint density at radius 3 is 2.48 bits per heavy atom. The van der Waals surface area contributed by atoms with Gasteiger partial charge < -0.3 is 4.90 Å². The van der Waals surface area contributed by atoms with E-state index >= 15 is 0 Å². The zero-order valence-electron chi connectivity index (χ0n) is 15.4. The molecule has 0 bridgehead atoms. The smallest absolute Gasteiger partial charge is 0.340 e. The molecule has 1 amide bonds. The molecule has 1 saturated heterocycles. The van der Waals surface area contributed by atoms with Crippen molar-refractivity contribution in [1.82, 2.24) is 29.4 Å². The first-order valence-corrected chi connectivity index (χ1v) is 8.81. The summed E-state index contributed by atoms with van der Waals surface area (Å²) in [4.78, 5) is 16.4. The monoisotopic (exact) mass is 384 g/mol. The average Bonchev–Trinajstić information content (AvgIpc) is 3.18. The highest BCUT2D eigenvalue weighted by atomic mass is 19.4. The summed E-state index contributed by atoms with van der Waals surface area (Å²) in [5, 5.41) is 7.71. The number of hydrogen-bond acceptors (Lipinski definition) is 4. The zero-order chi connectivity index (χ0) is 19.6. The highest BCUT2D eigenvalue weighted by Crippen LogP contribution is 2.28. The van der Waals surface area contributed by atoms with Gasteiger partial charge in [0.2, 0.25) is 5.91 Å². The summed E-state index contributed by atoms with van der Waals surface area (Å²) in [6, 6.07) is 1.00. The second kappa shape index (κ2) is 7.71. The third-order valence-corrected chi connectivity index (χ3v) is 4.70. The lowest BCUT2D eigenvalue weighted by molar-refractivity contribution is -0.141. The SMILES string of the molecule is Cc1cc(C(F)(F)F)nn1CCC(=O)N1CCN(Cc2cnn(C)c2)CC1. The van der Waals surface area contributed by atoms with Crippen LogP contribution in [0.5, 0.6) is 0 Å². The molecule has 0 N–H and O–H groups in total. The van der Waals surface area contributed by atoms with E-state index in [1.807, 2.05) is 19.4 Å². The van der Waals surface area contributed by atoms with Gasteiger partial charge in [-0.25, -0.2) is 0 Å². The van der Waals surface area contributed by atoms with Crippen LogP contribution in [-0.4, -0.2) is 61.4 Å². The van der Waals surface area contributed by atoms with Gasteiger partial charge in [0, 0.05) is 70.2 Å². The van der Waals surface area contributed by atoms with Crippen LogP contribution in [0.4, 0.5) is 13.2 Å². The molecule has 3 rings (SSSR count). The molecule has 0 radical (unpaired) electrons. The molecule has 3 heterocycles. The summed E-state index contributed by atoms with van der Waals surface area (Å²) in [6.07, 6.45) is -0.522. The average molecular weight is 384 g/mol. The first-order chi connectivity index (χ1) is 12.7. The van der Waals surface area contributed by atoms with E-state index in [4.69, 9.17) is 0 Å². The summed E-state index contributed by atoms with van der Waals surface area (Å²) >= 11 is 0. The van der Waals surface area contributed by atoms with Crippen LogP contribution >= 0.6 is 0 Å². The molecule has 0 saturated carbocycles. The summed E-state index contributed by atoms with van der Waals surface area (Å²) in [6.45, 7) is 5.26. The number of rotatable bonds is 5. The minimum Gasteiger partial charge on any atom is -0.340 e. The van der Waals surface area contributed by atoms with Crippen molar-refractivity contribution in [2.75, 3.05) is 26.2 Å². The maximum Gasteiger partial charge on any atom is 0.435 e. The fourth-order valence-corrected chi connectivity index (χ4v) is 3.20. The normalized spacial score (nSPS) is 16.1. The summed E-state index contributed by atoms with van der Waals surface area (Å²) in [7, 11) is 1.87. The van der Waals surface area contributed by atoms with Crippen molar-refractivity contribution in [1.29, 1.82) is 0 Å². The summed E-state index contributed by atoms with van der Waals surface area (Å²) in [5.74, 6) is -0.0560. The minimum absolute atomic E-state index is 0.0560. The predicted octanol–water partition coefficient (Wildman–Crippen LogP) is 1.68. The van der Waals surface area contributed by atoms with Crippen LogP contribution < -0.4 is 0 Å². The molecule has 0 spiro atoms. The van der Waals surface area contributed by atoms with Crippen molar-refractivity contribution >= 4 is 5.91 Å². The van der Waals surface area contributed by atoms with Crippen molar-refractivity contribution in [3.8, 4) is 0 Å². The predicted molar refractivity (Wildman–Crippen MR) is 91.6 cm³/mol. The fraction of sp³-hybridized carbons (Fsp3) is 0.588. The van der Waals surface area contributed by atoms with Crippen LogP contribution in [0.3, 0.4) is 0 Å². The van der Waals surface area contributed by atoms with Crippen molar-refractivity contribution in [2.45, 2.75) is 32.6 Å². The lowest BCUT2D eigenvalue weighted by atomic mass is 10.2. The van der Waals surface area contributed by atoms with Crippen LogP contribution in [0.15, 0.2) is 18.5 Å². The van der Waals surface area contributed by atoms with E-state index in [-0.39, 0.29) is 18.9 Å². The first-order valence-electron chi connectivity index (χ1n) is 8.81. The second-order valence-corrected chi connectivity index (χ2v) is 6.82. The number of carbonyl (C=O) groups is 1. The van der Waals surface area contributed by atoms with Gasteiger partial charge in [0.1, 0.15) is 0 Å². The number of carbonyl (C=O) groups excluding carboxylic acids is 1. The Labute approximate surface area is 155 Å². The Kier molecular flexibility index (Phi) is 5.54. The van der Waals surface area contributed by atoms with Crippen LogP contribution in [0, 0.1) is 6.92 Å². The zero-order valence-corrected chi connectivity index (χ0v) is 15.4. The molecule has 7 nitrogen and oxygen atoms in total. The maximum absolute atomic E-state index is 12.7. The quantitative estimate of drug-likeness (QED) is 0.787. The van der Waals surface area contributed by atoms with Crippen molar-refractivity contribution in [2.24, 2.45) is 7.05 Å². The van der Waals surface area contributed by atoms with Gasteiger partial charge in [0.25, 0.3) is 0 Å². The number of aryl methyl sites for hydroxylation is 3. The largest absolute Gasteiger partial charge is 0.435 e. The molecule has 1 aliphatic rings. The molecule has 27 heavy (non-hydrogen) atoms. The molecule has 10 heteroatoms. The molecule has 1 aliphatic heterocycles. The van der Waals surface area contributed by atoms with Gasteiger partial charge in [-0.05, 0) is 13.0 Å². The van der Waals surface area contributed by atoms with Gasteiger partial charge in [-0.3, -0.25) is 19.1 Å². The lowest BCUT2D eigenvalue weighted by Crippen LogP contribution is -2.48. The van der Waals surface area contributed by atoms with Gasteiger partial charge in [0.15, 0.2) is 5.69 Å². The van der Waals surface area contributed by atoms with Crippen LogP contribution in [0.25, 0.3) is 0 Å². The Morgan fingerprint density at radius 1 is 1.22 bits per heavy atom. The van der Waals surface area contributed by atoms with E-state index in [1.54, 1.807) is 16.5 Å². The third-order valence-electron chi connectivity index (χ3n) is 4.70. The Hall–Kier alpha value is -2.36. The molecule has 0 atom stereocenters. The molecule has 1 fully saturated rings. The minimum atomic E-state index is -4.47. The molecule has 0 aliphatic carbocycles. The van der Waals surface area contributed by atoms with E-state index in [1.165, 1.54) is 4.68 Å². The topological polar surface area (TPSA) is 59.2 Å². The van der Waals surface area contributed by atoms with Crippen molar-refractivity contribution in [3.63, 3.8) is 0 Å². The molecule has 148 valence electrons. The molecule has 2 aromatic heterocycles. The Morgan fingerprint density at radius 2 is 1.93 bits per heavy atom. The Balaban J connectivity index is 1.46. The van der Waals surface area contributed by atoms with E-state index in [2.05, 4.69) is 15.1 Å². The molecule has 0 aromatic carbocycles. The molecule has 0 unspecified atom stereocenters. The van der Waals surface area contributed by atoms with Crippen LogP contribution in [-0.2, 0) is 31.1 Å². The maximum atomic E-state index is 12.7. The van der Waals surface area contributed by atoms with E-state index < -0.39 is 11.9 Å². The number of alkyl halides is 3. The number of aromatic nitrogens is 4. The first kappa shape index (κ1) is 19.4. The van der Waals surface area contributed by atoms with Gasteiger partial charge in [0.05, 0.1) is 6.20 Å². The molecular formula is C17H23F3N6O. The van der Waals surface area contributed by atoms with E-state index in [9.17, 15) is 18.0 Å².